The van der Waals surface area contributed by atoms with Crippen molar-refractivity contribution in [2.24, 2.45) is 11.8 Å². The molecular weight excluding hydrogens is 292 g/mol. The molecule has 0 aliphatic heterocycles. The molecule has 2 aliphatic rings. The lowest BCUT2D eigenvalue weighted by Gasteiger charge is -2.38. The summed E-state index contributed by atoms with van der Waals surface area (Å²) in [4.78, 5) is 0. The topological polar surface area (TPSA) is 0 Å². The molecule has 2 rings (SSSR count). The van der Waals surface area contributed by atoms with E-state index in [1.165, 1.54) is 12.2 Å². The average Bonchev–Trinajstić information content (AvgIpc) is 2.46. The van der Waals surface area contributed by atoms with Crippen LogP contribution in [-0.4, -0.2) is 11.8 Å². The molecule has 0 atom stereocenters. The summed E-state index contributed by atoms with van der Waals surface area (Å²) in [5.41, 5.74) is -0.768. The SMILES string of the molecule is CCCC1=CC=C(C2CCC(CCC)CC2)C(F)(F)C1(F)F. The minimum absolute atomic E-state index is 0.0234. The van der Waals surface area contributed by atoms with E-state index in [1.807, 2.05) is 0 Å². The highest BCUT2D eigenvalue weighted by atomic mass is 19.3. The highest BCUT2D eigenvalue weighted by Gasteiger charge is 2.62. The third kappa shape index (κ3) is 3.11. The smallest absolute Gasteiger partial charge is 0.194 e. The molecule has 0 unspecified atom stereocenters. The van der Waals surface area contributed by atoms with Crippen molar-refractivity contribution in [1.29, 1.82) is 0 Å². The minimum atomic E-state index is -4.03. The van der Waals surface area contributed by atoms with Crippen molar-refractivity contribution in [3.8, 4) is 0 Å². The third-order valence-corrected chi connectivity index (χ3v) is 5.13. The average molecular weight is 318 g/mol. The molecule has 1 saturated carbocycles. The van der Waals surface area contributed by atoms with Gasteiger partial charge in [0.05, 0.1) is 0 Å². The van der Waals surface area contributed by atoms with E-state index in [0.717, 1.165) is 25.7 Å². The molecule has 1 fully saturated rings. The zero-order valence-electron chi connectivity index (χ0n) is 13.5. The van der Waals surface area contributed by atoms with E-state index in [-0.39, 0.29) is 12.0 Å². The maximum absolute atomic E-state index is 14.4. The van der Waals surface area contributed by atoms with E-state index in [0.29, 0.717) is 25.2 Å². The lowest BCUT2D eigenvalue weighted by Crippen LogP contribution is -2.47. The Bertz CT molecular complexity index is 440. The number of rotatable bonds is 5. The quantitative estimate of drug-likeness (QED) is 0.505. The van der Waals surface area contributed by atoms with Gasteiger partial charge in [-0.05, 0) is 43.9 Å². The molecule has 0 aromatic carbocycles. The van der Waals surface area contributed by atoms with Crippen molar-refractivity contribution >= 4 is 0 Å². The Morgan fingerprint density at radius 2 is 1.55 bits per heavy atom. The minimum Gasteiger partial charge on any atom is -0.194 e. The fourth-order valence-electron chi connectivity index (χ4n) is 3.86. The first kappa shape index (κ1) is 17.6. The molecule has 0 amide bonds. The molecule has 0 bridgehead atoms. The molecule has 0 heterocycles. The van der Waals surface area contributed by atoms with Crippen molar-refractivity contribution in [3.05, 3.63) is 23.3 Å². The van der Waals surface area contributed by atoms with Crippen LogP contribution in [0.1, 0.15) is 65.2 Å². The van der Waals surface area contributed by atoms with Crippen LogP contribution in [0.25, 0.3) is 0 Å². The number of hydrogen-bond acceptors (Lipinski definition) is 0. The maximum Gasteiger partial charge on any atom is 0.336 e. The van der Waals surface area contributed by atoms with Gasteiger partial charge in [-0.2, -0.15) is 17.6 Å². The van der Waals surface area contributed by atoms with E-state index >= 15 is 0 Å². The van der Waals surface area contributed by atoms with Gasteiger partial charge in [-0.25, -0.2) is 0 Å². The van der Waals surface area contributed by atoms with Gasteiger partial charge in [0, 0.05) is 11.1 Å². The Labute approximate surface area is 130 Å². The second-order valence-electron chi connectivity index (χ2n) is 6.72. The molecule has 4 heteroatoms. The Morgan fingerprint density at radius 1 is 0.909 bits per heavy atom. The summed E-state index contributed by atoms with van der Waals surface area (Å²) < 4.78 is 57.1. The zero-order valence-corrected chi connectivity index (χ0v) is 13.5. The molecule has 0 nitrogen and oxygen atoms in total. The van der Waals surface area contributed by atoms with Gasteiger partial charge in [0.2, 0.25) is 0 Å². The Balaban J connectivity index is 2.17. The maximum atomic E-state index is 14.4. The van der Waals surface area contributed by atoms with Gasteiger partial charge >= 0.3 is 11.8 Å². The monoisotopic (exact) mass is 318 g/mol. The van der Waals surface area contributed by atoms with Crippen molar-refractivity contribution in [1.82, 2.24) is 0 Å². The van der Waals surface area contributed by atoms with Gasteiger partial charge in [-0.1, -0.05) is 45.3 Å². The molecular formula is C18H26F4. The first-order chi connectivity index (χ1) is 10.3. The van der Waals surface area contributed by atoms with E-state index in [9.17, 15) is 17.6 Å². The molecule has 0 saturated heterocycles. The van der Waals surface area contributed by atoms with Gasteiger partial charge in [0.15, 0.2) is 0 Å². The van der Waals surface area contributed by atoms with Crippen LogP contribution in [0.2, 0.25) is 0 Å². The van der Waals surface area contributed by atoms with Crippen LogP contribution >= 0.6 is 0 Å². The highest BCUT2D eigenvalue weighted by molar-refractivity contribution is 5.39. The number of alkyl halides is 4. The van der Waals surface area contributed by atoms with Gasteiger partial charge in [0.25, 0.3) is 0 Å². The first-order valence-electron chi connectivity index (χ1n) is 8.51. The lowest BCUT2D eigenvalue weighted by atomic mass is 9.72. The zero-order chi connectivity index (χ0) is 16.4. The summed E-state index contributed by atoms with van der Waals surface area (Å²) in [5, 5.41) is 0. The van der Waals surface area contributed by atoms with Gasteiger partial charge in [-0.15, -0.1) is 0 Å². The van der Waals surface area contributed by atoms with Gasteiger partial charge < -0.3 is 0 Å². The number of halogens is 4. The molecule has 0 aromatic rings. The molecule has 126 valence electrons. The third-order valence-electron chi connectivity index (χ3n) is 5.13. The van der Waals surface area contributed by atoms with E-state index < -0.39 is 23.3 Å². The lowest BCUT2D eigenvalue weighted by molar-refractivity contribution is -0.169. The largest absolute Gasteiger partial charge is 0.336 e. The summed E-state index contributed by atoms with van der Waals surface area (Å²) in [6, 6.07) is 0. The van der Waals surface area contributed by atoms with Crippen molar-refractivity contribution in [2.45, 2.75) is 77.1 Å². The molecule has 22 heavy (non-hydrogen) atoms. The van der Waals surface area contributed by atoms with Crippen LogP contribution in [0, 0.1) is 11.8 Å². The Hall–Kier alpha value is -0.800. The van der Waals surface area contributed by atoms with E-state index in [1.54, 1.807) is 6.92 Å². The van der Waals surface area contributed by atoms with Gasteiger partial charge in [-0.3, -0.25) is 0 Å². The normalized spacial score (nSPS) is 30.6. The summed E-state index contributed by atoms with van der Waals surface area (Å²) in [6.07, 6.45) is 8.18. The van der Waals surface area contributed by atoms with Crippen molar-refractivity contribution in [3.63, 3.8) is 0 Å². The van der Waals surface area contributed by atoms with Crippen LogP contribution in [0.5, 0.6) is 0 Å². The Kier molecular flexibility index (Phi) is 5.39. The fraction of sp³-hybridized carbons (Fsp3) is 0.778. The van der Waals surface area contributed by atoms with Crippen LogP contribution in [0.15, 0.2) is 23.3 Å². The van der Waals surface area contributed by atoms with Gasteiger partial charge in [0.1, 0.15) is 0 Å². The molecule has 2 aliphatic carbocycles. The number of hydrogen-bond donors (Lipinski definition) is 0. The second-order valence-corrected chi connectivity index (χ2v) is 6.72. The standard InChI is InChI=1S/C18H26F4/c1-3-5-13-7-9-14(10-8-13)16-12-11-15(6-4-2)17(19,20)18(16,21)22/h11-14H,3-10H2,1-2H3. The molecule has 0 aromatic heterocycles. The van der Waals surface area contributed by atoms with Crippen LogP contribution in [0.3, 0.4) is 0 Å². The molecule has 0 radical (unpaired) electrons. The van der Waals surface area contributed by atoms with Crippen molar-refractivity contribution in [2.75, 3.05) is 0 Å². The second kappa shape index (κ2) is 6.76. The first-order valence-corrected chi connectivity index (χ1v) is 8.51. The molecule has 0 spiro atoms. The Morgan fingerprint density at radius 3 is 2.09 bits per heavy atom. The predicted octanol–water partition coefficient (Wildman–Crippen LogP) is 6.53. The van der Waals surface area contributed by atoms with E-state index in [2.05, 4.69) is 6.92 Å². The van der Waals surface area contributed by atoms with E-state index in [4.69, 9.17) is 0 Å². The summed E-state index contributed by atoms with van der Waals surface area (Å²) in [6.45, 7) is 3.84. The summed E-state index contributed by atoms with van der Waals surface area (Å²) >= 11 is 0. The van der Waals surface area contributed by atoms with Crippen LogP contribution < -0.4 is 0 Å². The summed E-state index contributed by atoms with van der Waals surface area (Å²) in [5.74, 6) is -7.89. The predicted molar refractivity (Wildman–Crippen MR) is 81.3 cm³/mol. The highest BCUT2D eigenvalue weighted by Crippen LogP contribution is 2.52. The number of allylic oxidation sites excluding steroid dienone is 4. The van der Waals surface area contributed by atoms with Crippen molar-refractivity contribution < 1.29 is 17.6 Å². The van der Waals surface area contributed by atoms with Crippen LogP contribution in [-0.2, 0) is 0 Å². The molecule has 0 N–H and O–H groups in total. The van der Waals surface area contributed by atoms with Crippen LogP contribution in [0.4, 0.5) is 17.6 Å². The summed E-state index contributed by atoms with van der Waals surface area (Å²) in [7, 11) is 0. The fourth-order valence-corrected chi connectivity index (χ4v) is 3.86.